The van der Waals surface area contributed by atoms with E-state index in [9.17, 15) is 9.18 Å². The molecule has 1 atom stereocenters. The zero-order chi connectivity index (χ0) is 14.7. The number of carboxylic acid groups (broad SMARTS) is 1. The Labute approximate surface area is 120 Å². The summed E-state index contributed by atoms with van der Waals surface area (Å²) in [4.78, 5) is 10.9. The molecule has 1 unspecified atom stereocenters. The molecule has 0 aliphatic heterocycles. The highest BCUT2D eigenvalue weighted by Gasteiger charge is 2.13. The van der Waals surface area contributed by atoms with Gasteiger partial charge in [-0.25, -0.2) is 4.39 Å². The molecule has 0 saturated heterocycles. The van der Waals surface area contributed by atoms with Crippen LogP contribution >= 0.6 is 11.6 Å². The van der Waals surface area contributed by atoms with Gasteiger partial charge >= 0.3 is 5.97 Å². The van der Waals surface area contributed by atoms with Gasteiger partial charge in [-0.15, -0.1) is 0 Å². The van der Waals surface area contributed by atoms with E-state index in [0.717, 1.165) is 0 Å². The highest BCUT2D eigenvalue weighted by atomic mass is 35.5. The van der Waals surface area contributed by atoms with Crippen molar-refractivity contribution in [2.45, 2.75) is 12.8 Å². The number of hydrogen-bond acceptors (Lipinski definition) is 2. The Morgan fingerprint density at radius 1 is 1.20 bits per heavy atom. The van der Waals surface area contributed by atoms with Gasteiger partial charge in [-0.05, 0) is 36.8 Å². The number of benzene rings is 2. The molecule has 0 aliphatic carbocycles. The lowest BCUT2D eigenvalue weighted by Gasteiger charge is -2.09. The Hall–Kier alpha value is -2.07. The third kappa shape index (κ3) is 3.27. The maximum Gasteiger partial charge on any atom is 0.310 e. The number of ether oxygens (including phenoxy) is 1. The minimum absolute atomic E-state index is 0.0152. The van der Waals surface area contributed by atoms with Crippen molar-refractivity contribution in [3.8, 4) is 11.5 Å². The van der Waals surface area contributed by atoms with Crippen LogP contribution in [-0.2, 0) is 4.79 Å². The normalized spacial score (nSPS) is 11.9. The molecule has 5 heteroatoms. The minimum atomic E-state index is -0.885. The molecule has 104 valence electrons. The topological polar surface area (TPSA) is 46.5 Å². The molecule has 20 heavy (non-hydrogen) atoms. The van der Waals surface area contributed by atoms with E-state index in [1.54, 1.807) is 31.2 Å². The first kappa shape index (κ1) is 14.3. The molecule has 3 nitrogen and oxygen atoms in total. The highest BCUT2D eigenvalue weighted by molar-refractivity contribution is 6.30. The standard InChI is InChI=1S/C15H12ClFO3/c1-9(15(18)19)10-2-4-11(5-3-10)20-12-6-7-14(17)13(16)8-12/h2-9H,1H3,(H,18,19). The van der Waals surface area contributed by atoms with E-state index < -0.39 is 17.7 Å². The van der Waals surface area contributed by atoms with Crippen molar-refractivity contribution in [3.05, 3.63) is 58.9 Å². The first-order chi connectivity index (χ1) is 9.47. The molecule has 0 amide bonds. The van der Waals surface area contributed by atoms with Crippen LogP contribution in [0.25, 0.3) is 0 Å². The minimum Gasteiger partial charge on any atom is -0.481 e. The monoisotopic (exact) mass is 294 g/mol. The highest BCUT2D eigenvalue weighted by Crippen LogP contribution is 2.27. The summed E-state index contributed by atoms with van der Waals surface area (Å²) in [7, 11) is 0. The third-order valence-electron chi connectivity index (χ3n) is 2.88. The van der Waals surface area contributed by atoms with Gasteiger partial charge in [-0.3, -0.25) is 4.79 Å². The van der Waals surface area contributed by atoms with Crippen molar-refractivity contribution < 1.29 is 19.0 Å². The lowest BCUT2D eigenvalue weighted by atomic mass is 10.0. The fourth-order valence-corrected chi connectivity index (χ4v) is 1.81. The molecule has 2 aromatic rings. The Morgan fingerprint density at radius 3 is 2.35 bits per heavy atom. The second-order valence-corrected chi connectivity index (χ2v) is 4.71. The van der Waals surface area contributed by atoms with Gasteiger partial charge in [0.25, 0.3) is 0 Å². The van der Waals surface area contributed by atoms with E-state index in [2.05, 4.69) is 0 Å². The molecule has 0 aliphatic rings. The number of aliphatic carboxylic acids is 1. The van der Waals surface area contributed by atoms with E-state index in [-0.39, 0.29) is 5.02 Å². The molecular weight excluding hydrogens is 283 g/mol. The van der Waals surface area contributed by atoms with Gasteiger partial charge in [0.05, 0.1) is 10.9 Å². The average Bonchev–Trinajstić information content (AvgIpc) is 2.43. The SMILES string of the molecule is CC(C(=O)O)c1ccc(Oc2ccc(F)c(Cl)c2)cc1. The van der Waals surface area contributed by atoms with Gasteiger partial charge in [-0.2, -0.15) is 0 Å². The van der Waals surface area contributed by atoms with Crippen molar-refractivity contribution in [2.24, 2.45) is 0 Å². The largest absolute Gasteiger partial charge is 0.481 e. The average molecular weight is 295 g/mol. The maximum atomic E-state index is 13.0. The van der Waals surface area contributed by atoms with E-state index in [4.69, 9.17) is 21.4 Å². The summed E-state index contributed by atoms with van der Waals surface area (Å²) in [5, 5.41) is 8.90. The molecular formula is C15H12ClFO3. The summed E-state index contributed by atoms with van der Waals surface area (Å²) in [5.74, 6) is -1.04. The van der Waals surface area contributed by atoms with Gasteiger partial charge < -0.3 is 9.84 Å². The van der Waals surface area contributed by atoms with Crippen LogP contribution in [0, 0.1) is 5.82 Å². The summed E-state index contributed by atoms with van der Waals surface area (Å²) in [6.07, 6.45) is 0. The summed E-state index contributed by atoms with van der Waals surface area (Å²) in [6, 6.07) is 10.7. The molecule has 1 N–H and O–H groups in total. The first-order valence-electron chi connectivity index (χ1n) is 5.93. The van der Waals surface area contributed by atoms with E-state index in [0.29, 0.717) is 17.1 Å². The van der Waals surface area contributed by atoms with Crippen molar-refractivity contribution in [1.82, 2.24) is 0 Å². The van der Waals surface area contributed by atoms with Crippen LogP contribution in [0.5, 0.6) is 11.5 Å². The Morgan fingerprint density at radius 2 is 1.80 bits per heavy atom. The first-order valence-corrected chi connectivity index (χ1v) is 6.31. The summed E-state index contributed by atoms with van der Waals surface area (Å²) >= 11 is 5.66. The molecule has 0 radical (unpaired) electrons. The molecule has 0 saturated carbocycles. The van der Waals surface area contributed by atoms with Crippen molar-refractivity contribution in [1.29, 1.82) is 0 Å². The lowest BCUT2D eigenvalue weighted by molar-refractivity contribution is -0.138. The predicted octanol–water partition coefficient (Wildman–Crippen LogP) is 4.46. The molecule has 0 heterocycles. The number of carboxylic acids is 1. The van der Waals surface area contributed by atoms with E-state index in [1.165, 1.54) is 18.2 Å². The van der Waals surface area contributed by atoms with Crippen LogP contribution < -0.4 is 4.74 Å². The van der Waals surface area contributed by atoms with Crippen molar-refractivity contribution in [3.63, 3.8) is 0 Å². The molecule has 2 rings (SSSR count). The van der Waals surface area contributed by atoms with Crippen molar-refractivity contribution >= 4 is 17.6 Å². The maximum absolute atomic E-state index is 13.0. The quantitative estimate of drug-likeness (QED) is 0.905. The lowest BCUT2D eigenvalue weighted by Crippen LogP contribution is -2.06. The van der Waals surface area contributed by atoms with Crippen LogP contribution in [-0.4, -0.2) is 11.1 Å². The predicted molar refractivity (Wildman–Crippen MR) is 74.0 cm³/mol. The molecule has 0 bridgehead atoms. The molecule has 0 spiro atoms. The summed E-state index contributed by atoms with van der Waals surface area (Å²) in [5.41, 5.74) is 0.682. The van der Waals surface area contributed by atoms with E-state index >= 15 is 0 Å². The Bertz CT molecular complexity index is 626. The molecule has 0 aromatic heterocycles. The van der Waals surface area contributed by atoms with Crippen LogP contribution in [0.1, 0.15) is 18.4 Å². The number of hydrogen-bond donors (Lipinski definition) is 1. The second kappa shape index (κ2) is 5.92. The molecule has 0 fully saturated rings. The van der Waals surface area contributed by atoms with Crippen LogP contribution in [0.15, 0.2) is 42.5 Å². The fourth-order valence-electron chi connectivity index (χ4n) is 1.64. The van der Waals surface area contributed by atoms with Gasteiger partial charge in [0.1, 0.15) is 17.3 Å². The van der Waals surface area contributed by atoms with Gasteiger partial charge in [0, 0.05) is 6.07 Å². The van der Waals surface area contributed by atoms with Crippen molar-refractivity contribution in [2.75, 3.05) is 0 Å². The number of rotatable bonds is 4. The zero-order valence-corrected chi connectivity index (χ0v) is 11.4. The molecule has 2 aromatic carbocycles. The van der Waals surface area contributed by atoms with Gasteiger partial charge in [0.2, 0.25) is 0 Å². The summed E-state index contributed by atoms with van der Waals surface area (Å²) in [6.45, 7) is 1.61. The summed E-state index contributed by atoms with van der Waals surface area (Å²) < 4.78 is 18.5. The van der Waals surface area contributed by atoms with Gasteiger partial charge in [0.15, 0.2) is 0 Å². The Balaban J connectivity index is 2.14. The Kier molecular flexibility index (Phi) is 4.25. The van der Waals surface area contributed by atoms with Crippen LogP contribution in [0.3, 0.4) is 0 Å². The zero-order valence-electron chi connectivity index (χ0n) is 10.6. The van der Waals surface area contributed by atoms with Crippen LogP contribution in [0.4, 0.5) is 4.39 Å². The second-order valence-electron chi connectivity index (χ2n) is 4.31. The fraction of sp³-hybridized carbons (Fsp3) is 0.133. The van der Waals surface area contributed by atoms with E-state index in [1.807, 2.05) is 0 Å². The number of halogens is 2. The van der Waals surface area contributed by atoms with Gasteiger partial charge in [-0.1, -0.05) is 23.7 Å². The smallest absolute Gasteiger partial charge is 0.310 e. The third-order valence-corrected chi connectivity index (χ3v) is 3.17. The number of carbonyl (C=O) groups is 1. The van der Waals surface area contributed by atoms with Crippen LogP contribution in [0.2, 0.25) is 5.02 Å².